The number of carbonyl (C=O) groups excluding carboxylic acids is 2. The number of aliphatic hydroxyl groups excluding tert-OH is 1. The molecular weight excluding hydrogens is 270 g/mol. The summed E-state index contributed by atoms with van der Waals surface area (Å²) in [6.45, 7) is 3.86. The fourth-order valence-corrected chi connectivity index (χ4v) is 1.77. The van der Waals surface area contributed by atoms with Crippen LogP contribution < -0.4 is 5.32 Å². The van der Waals surface area contributed by atoms with Crippen molar-refractivity contribution in [2.75, 3.05) is 13.2 Å². The highest BCUT2D eigenvalue weighted by molar-refractivity contribution is 5.98. The zero-order valence-electron chi connectivity index (χ0n) is 12.5. The van der Waals surface area contributed by atoms with Gasteiger partial charge in [-0.25, -0.2) is 0 Å². The highest BCUT2D eigenvalue weighted by Crippen LogP contribution is 2.08. The Balaban J connectivity index is 2.69. The molecule has 0 amide bonds. The number of carbonyl (C=O) groups is 2. The minimum atomic E-state index is -0.737. The Labute approximate surface area is 125 Å². The van der Waals surface area contributed by atoms with Crippen LogP contribution in [0.5, 0.6) is 0 Å². The molecule has 5 heteroatoms. The number of ether oxygens (including phenoxy) is 1. The van der Waals surface area contributed by atoms with Gasteiger partial charge in [0, 0.05) is 18.5 Å². The van der Waals surface area contributed by atoms with E-state index in [-0.39, 0.29) is 31.5 Å². The average Bonchev–Trinajstić information content (AvgIpc) is 2.51. The first-order chi connectivity index (χ1) is 10.1. The molecule has 2 atom stereocenters. The van der Waals surface area contributed by atoms with Gasteiger partial charge in [-0.05, 0) is 13.3 Å². The van der Waals surface area contributed by atoms with Crippen molar-refractivity contribution < 1.29 is 19.4 Å². The summed E-state index contributed by atoms with van der Waals surface area (Å²) in [4.78, 5) is 24.2. The SMILES string of the molecule is CCC(C)OC(=O)C(CC(=O)c1ccccc1)NCCO. The Kier molecular flexibility index (Phi) is 7.64. The predicted molar refractivity (Wildman–Crippen MR) is 80.1 cm³/mol. The lowest BCUT2D eigenvalue weighted by Crippen LogP contribution is -2.42. The van der Waals surface area contributed by atoms with Crippen molar-refractivity contribution in [3.05, 3.63) is 35.9 Å². The molecule has 0 aliphatic carbocycles. The van der Waals surface area contributed by atoms with Gasteiger partial charge in [-0.1, -0.05) is 37.3 Å². The first-order valence-corrected chi connectivity index (χ1v) is 7.21. The van der Waals surface area contributed by atoms with E-state index in [2.05, 4.69) is 5.32 Å². The van der Waals surface area contributed by atoms with Crippen LogP contribution in [0.1, 0.15) is 37.0 Å². The van der Waals surface area contributed by atoms with Crippen LogP contribution in [0.3, 0.4) is 0 Å². The van der Waals surface area contributed by atoms with Gasteiger partial charge in [-0.3, -0.25) is 9.59 Å². The summed E-state index contributed by atoms with van der Waals surface area (Å²) in [5.74, 6) is -0.589. The third kappa shape index (κ3) is 6.06. The summed E-state index contributed by atoms with van der Waals surface area (Å²) in [5, 5.41) is 11.7. The summed E-state index contributed by atoms with van der Waals surface area (Å²) in [5.41, 5.74) is 0.560. The second-order valence-electron chi connectivity index (χ2n) is 4.88. The van der Waals surface area contributed by atoms with Crippen LogP contribution in [0.15, 0.2) is 30.3 Å². The second kappa shape index (κ2) is 9.26. The fourth-order valence-electron chi connectivity index (χ4n) is 1.77. The number of hydrogen-bond donors (Lipinski definition) is 2. The van der Waals surface area contributed by atoms with Gasteiger partial charge in [-0.15, -0.1) is 0 Å². The molecule has 0 aromatic heterocycles. The number of hydrogen-bond acceptors (Lipinski definition) is 5. The van der Waals surface area contributed by atoms with E-state index in [1.54, 1.807) is 31.2 Å². The molecule has 0 heterocycles. The maximum Gasteiger partial charge on any atom is 0.323 e. The maximum absolute atomic E-state index is 12.2. The van der Waals surface area contributed by atoms with E-state index < -0.39 is 12.0 Å². The minimum absolute atomic E-state index is 0.0132. The number of benzene rings is 1. The van der Waals surface area contributed by atoms with Crippen molar-refractivity contribution in [1.29, 1.82) is 0 Å². The number of nitrogens with one attached hydrogen (secondary N) is 1. The topological polar surface area (TPSA) is 75.6 Å². The normalized spacial score (nSPS) is 13.5. The van der Waals surface area contributed by atoms with Crippen LogP contribution >= 0.6 is 0 Å². The molecule has 0 aliphatic rings. The van der Waals surface area contributed by atoms with Crippen LogP contribution in [-0.2, 0) is 9.53 Å². The highest BCUT2D eigenvalue weighted by Gasteiger charge is 2.24. The zero-order chi connectivity index (χ0) is 15.7. The summed E-state index contributed by atoms with van der Waals surface area (Å²) in [7, 11) is 0. The van der Waals surface area contributed by atoms with Crippen molar-refractivity contribution in [3.63, 3.8) is 0 Å². The summed E-state index contributed by atoms with van der Waals surface area (Å²) >= 11 is 0. The smallest absolute Gasteiger partial charge is 0.323 e. The van der Waals surface area contributed by atoms with Gasteiger partial charge in [0.05, 0.1) is 12.7 Å². The Morgan fingerprint density at radius 3 is 2.52 bits per heavy atom. The van der Waals surface area contributed by atoms with Crippen LogP contribution in [0.25, 0.3) is 0 Å². The van der Waals surface area contributed by atoms with Crippen molar-refractivity contribution in [2.45, 2.75) is 38.8 Å². The summed E-state index contributed by atoms with van der Waals surface area (Å²) < 4.78 is 5.26. The van der Waals surface area contributed by atoms with Gasteiger partial charge in [0.1, 0.15) is 6.04 Å². The largest absolute Gasteiger partial charge is 0.462 e. The fraction of sp³-hybridized carbons (Fsp3) is 0.500. The lowest BCUT2D eigenvalue weighted by molar-refractivity contribution is -0.150. The van der Waals surface area contributed by atoms with E-state index in [4.69, 9.17) is 9.84 Å². The van der Waals surface area contributed by atoms with Gasteiger partial charge in [0.25, 0.3) is 0 Å². The molecule has 2 unspecified atom stereocenters. The van der Waals surface area contributed by atoms with E-state index >= 15 is 0 Å². The molecule has 116 valence electrons. The molecule has 0 saturated heterocycles. The molecule has 21 heavy (non-hydrogen) atoms. The van der Waals surface area contributed by atoms with E-state index in [0.717, 1.165) is 0 Å². The first-order valence-electron chi connectivity index (χ1n) is 7.21. The van der Waals surface area contributed by atoms with E-state index in [1.165, 1.54) is 0 Å². The molecule has 2 N–H and O–H groups in total. The molecule has 0 aliphatic heterocycles. The highest BCUT2D eigenvalue weighted by atomic mass is 16.5. The van der Waals surface area contributed by atoms with Crippen molar-refractivity contribution >= 4 is 11.8 Å². The molecule has 5 nitrogen and oxygen atoms in total. The number of rotatable bonds is 9. The third-order valence-electron chi connectivity index (χ3n) is 3.16. The lowest BCUT2D eigenvalue weighted by atomic mass is 10.0. The minimum Gasteiger partial charge on any atom is -0.462 e. The maximum atomic E-state index is 12.2. The Morgan fingerprint density at radius 2 is 1.95 bits per heavy atom. The average molecular weight is 293 g/mol. The summed E-state index contributed by atoms with van der Waals surface area (Å²) in [6, 6.07) is 8.08. The van der Waals surface area contributed by atoms with Crippen LogP contribution in [-0.4, -0.2) is 42.2 Å². The zero-order valence-corrected chi connectivity index (χ0v) is 12.5. The number of ketones is 1. The molecule has 0 fully saturated rings. The standard InChI is InChI=1S/C16H23NO4/c1-3-12(2)21-16(20)14(17-9-10-18)11-15(19)13-7-5-4-6-8-13/h4-8,12,14,17-18H,3,9-11H2,1-2H3. The van der Waals surface area contributed by atoms with Gasteiger partial charge in [-0.2, -0.15) is 0 Å². The van der Waals surface area contributed by atoms with Crippen LogP contribution in [0.4, 0.5) is 0 Å². The monoisotopic (exact) mass is 293 g/mol. The predicted octanol–water partition coefficient (Wildman–Crippen LogP) is 1.55. The van der Waals surface area contributed by atoms with E-state index in [9.17, 15) is 9.59 Å². The lowest BCUT2D eigenvalue weighted by Gasteiger charge is -2.19. The molecular formula is C16H23NO4. The van der Waals surface area contributed by atoms with Crippen LogP contribution in [0.2, 0.25) is 0 Å². The Hall–Kier alpha value is -1.72. The first kappa shape index (κ1) is 17.3. The summed E-state index contributed by atoms with van der Waals surface area (Å²) in [6.07, 6.45) is 0.535. The van der Waals surface area contributed by atoms with Gasteiger partial charge >= 0.3 is 5.97 Å². The molecule has 1 rings (SSSR count). The molecule has 0 bridgehead atoms. The van der Waals surface area contributed by atoms with E-state index in [1.807, 2.05) is 13.0 Å². The quantitative estimate of drug-likeness (QED) is 0.534. The van der Waals surface area contributed by atoms with Crippen molar-refractivity contribution in [1.82, 2.24) is 5.32 Å². The van der Waals surface area contributed by atoms with Crippen molar-refractivity contribution in [2.24, 2.45) is 0 Å². The molecule has 0 saturated carbocycles. The molecule has 1 aromatic carbocycles. The molecule has 1 aromatic rings. The van der Waals surface area contributed by atoms with E-state index in [0.29, 0.717) is 12.0 Å². The number of esters is 1. The van der Waals surface area contributed by atoms with Gasteiger partial charge in [0.15, 0.2) is 5.78 Å². The number of aliphatic hydroxyl groups is 1. The molecule has 0 spiro atoms. The second-order valence-corrected chi connectivity index (χ2v) is 4.88. The van der Waals surface area contributed by atoms with Crippen molar-refractivity contribution in [3.8, 4) is 0 Å². The van der Waals surface area contributed by atoms with Gasteiger partial charge in [0.2, 0.25) is 0 Å². The third-order valence-corrected chi connectivity index (χ3v) is 3.16. The van der Waals surface area contributed by atoms with Gasteiger partial charge < -0.3 is 15.2 Å². The Morgan fingerprint density at radius 1 is 1.29 bits per heavy atom. The molecule has 0 radical (unpaired) electrons. The number of Topliss-reactive ketones (excluding diaryl/α,β-unsaturated/α-hetero) is 1. The van der Waals surface area contributed by atoms with Crippen LogP contribution in [0, 0.1) is 0 Å². The Bertz CT molecular complexity index is 447.